The van der Waals surface area contributed by atoms with Gasteiger partial charge in [0, 0.05) is 11.1 Å². The Kier molecular flexibility index (Phi) is 5.47. The number of hydrogen-bond acceptors (Lipinski definition) is 10. The first-order valence-electron chi connectivity index (χ1n) is 7.55. The molecule has 24 heavy (non-hydrogen) atoms. The summed E-state index contributed by atoms with van der Waals surface area (Å²) in [6, 6.07) is 0. The summed E-state index contributed by atoms with van der Waals surface area (Å²) in [6.45, 7) is 7.93. The summed E-state index contributed by atoms with van der Waals surface area (Å²) in [5.74, 6) is -2.43. The van der Waals surface area contributed by atoms with Gasteiger partial charge in [-0.05, 0) is 27.7 Å². The molecular weight excluding hydrogens is 324 g/mol. The van der Waals surface area contributed by atoms with Crippen LogP contribution in [0.25, 0.3) is 0 Å². The van der Waals surface area contributed by atoms with Gasteiger partial charge in [-0.15, -0.1) is 0 Å². The summed E-state index contributed by atoms with van der Waals surface area (Å²) in [5, 5.41) is 25.2. The van der Waals surface area contributed by atoms with Crippen LogP contribution >= 0.6 is 0 Å². The van der Waals surface area contributed by atoms with Crippen molar-refractivity contribution in [2.24, 2.45) is 0 Å². The Morgan fingerprint density at radius 3 is 1.50 bits per heavy atom. The number of rotatable bonds is 5. The Bertz CT molecular complexity index is 451. The highest BCUT2D eigenvalue weighted by atomic mass is 16.7. The fourth-order valence-electron chi connectivity index (χ4n) is 2.11. The molecule has 138 valence electrons. The zero-order valence-electron chi connectivity index (χ0n) is 14.1. The van der Waals surface area contributed by atoms with E-state index in [9.17, 15) is 19.8 Å². The van der Waals surface area contributed by atoms with Crippen LogP contribution in [0, 0.1) is 0 Å². The SMILES string of the molecule is CC1(C)COC(OC(=O)C(O)C(O)C(=O)OC2NC(C)(C)CO2)N1. The minimum Gasteiger partial charge on any atom is -0.419 e. The molecule has 0 saturated carbocycles. The number of ether oxygens (including phenoxy) is 4. The Morgan fingerprint density at radius 2 is 1.25 bits per heavy atom. The molecule has 2 heterocycles. The normalized spacial score (nSPS) is 30.6. The summed E-state index contributed by atoms with van der Waals surface area (Å²) in [7, 11) is 0. The Balaban J connectivity index is 1.81. The van der Waals surface area contributed by atoms with Gasteiger partial charge in [0.05, 0.1) is 13.2 Å². The van der Waals surface area contributed by atoms with Crippen LogP contribution in [0.4, 0.5) is 0 Å². The maximum atomic E-state index is 11.8. The molecular formula is C14H24N2O8. The average Bonchev–Trinajstić information content (AvgIpc) is 2.98. The van der Waals surface area contributed by atoms with Crippen molar-refractivity contribution in [1.82, 2.24) is 10.6 Å². The molecule has 0 radical (unpaired) electrons. The lowest BCUT2D eigenvalue weighted by molar-refractivity contribution is -0.201. The van der Waals surface area contributed by atoms with Gasteiger partial charge in [-0.2, -0.15) is 0 Å². The number of esters is 2. The number of carbonyl (C=O) groups is 2. The van der Waals surface area contributed by atoms with Crippen LogP contribution in [0.3, 0.4) is 0 Å². The second-order valence-electron chi connectivity index (χ2n) is 7.11. The third-order valence-electron chi connectivity index (χ3n) is 3.44. The van der Waals surface area contributed by atoms with E-state index in [0.717, 1.165) is 0 Å². The van der Waals surface area contributed by atoms with E-state index in [4.69, 9.17) is 18.9 Å². The maximum Gasteiger partial charge on any atom is 0.341 e. The number of nitrogens with one attached hydrogen (secondary N) is 2. The quantitative estimate of drug-likeness (QED) is 0.420. The third kappa shape index (κ3) is 4.85. The van der Waals surface area contributed by atoms with Gasteiger partial charge in [0.25, 0.3) is 12.8 Å². The Labute approximate surface area is 139 Å². The number of aliphatic hydroxyl groups is 2. The van der Waals surface area contributed by atoms with E-state index in [1.807, 2.05) is 27.7 Å². The topological polar surface area (TPSA) is 136 Å². The summed E-state index contributed by atoms with van der Waals surface area (Å²) >= 11 is 0. The van der Waals surface area contributed by atoms with Crippen molar-refractivity contribution in [2.75, 3.05) is 13.2 Å². The van der Waals surface area contributed by atoms with Crippen LogP contribution in [0.1, 0.15) is 27.7 Å². The van der Waals surface area contributed by atoms with Crippen LogP contribution in [-0.2, 0) is 28.5 Å². The van der Waals surface area contributed by atoms with Gasteiger partial charge in [0.15, 0.2) is 12.2 Å². The first-order chi connectivity index (χ1) is 11.0. The highest BCUT2D eigenvalue weighted by molar-refractivity contribution is 5.85. The van der Waals surface area contributed by atoms with Crippen LogP contribution in [-0.4, -0.2) is 71.5 Å². The molecule has 10 heteroatoms. The molecule has 0 spiro atoms. The number of carbonyl (C=O) groups excluding carboxylic acids is 2. The third-order valence-corrected chi connectivity index (χ3v) is 3.44. The fourth-order valence-corrected chi connectivity index (χ4v) is 2.11. The molecule has 2 aliphatic heterocycles. The highest BCUT2D eigenvalue weighted by Crippen LogP contribution is 2.17. The molecule has 2 aliphatic rings. The first kappa shape index (κ1) is 19.0. The molecule has 0 amide bonds. The zero-order valence-corrected chi connectivity index (χ0v) is 14.1. The smallest absolute Gasteiger partial charge is 0.341 e. The molecule has 2 saturated heterocycles. The molecule has 2 rings (SSSR count). The van der Waals surface area contributed by atoms with Crippen molar-refractivity contribution in [3.8, 4) is 0 Å². The summed E-state index contributed by atoms with van der Waals surface area (Å²) in [5.41, 5.74) is -0.794. The van der Waals surface area contributed by atoms with Crippen LogP contribution in [0.15, 0.2) is 0 Å². The van der Waals surface area contributed by atoms with E-state index in [1.54, 1.807) is 0 Å². The highest BCUT2D eigenvalue weighted by Gasteiger charge is 2.40. The predicted octanol–water partition coefficient (Wildman–Crippen LogP) is -1.84. The molecule has 4 unspecified atom stereocenters. The minimum absolute atomic E-state index is 0.298. The largest absolute Gasteiger partial charge is 0.419 e. The van der Waals surface area contributed by atoms with Crippen LogP contribution in [0.2, 0.25) is 0 Å². The Hall–Kier alpha value is -1.30. The van der Waals surface area contributed by atoms with Gasteiger partial charge in [0.1, 0.15) is 0 Å². The molecule has 0 bridgehead atoms. The van der Waals surface area contributed by atoms with Gasteiger partial charge in [0.2, 0.25) is 0 Å². The van der Waals surface area contributed by atoms with Gasteiger partial charge >= 0.3 is 11.9 Å². The van der Waals surface area contributed by atoms with Gasteiger partial charge in [-0.25, -0.2) is 9.59 Å². The van der Waals surface area contributed by atoms with Crippen molar-refractivity contribution in [3.63, 3.8) is 0 Å². The van der Waals surface area contributed by atoms with Gasteiger partial charge in [-0.1, -0.05) is 0 Å². The van der Waals surface area contributed by atoms with E-state index >= 15 is 0 Å². The van der Waals surface area contributed by atoms with Crippen molar-refractivity contribution in [1.29, 1.82) is 0 Å². The van der Waals surface area contributed by atoms with Crippen molar-refractivity contribution in [3.05, 3.63) is 0 Å². The summed E-state index contributed by atoms with van der Waals surface area (Å²) in [6.07, 6.45) is -6.35. The average molecular weight is 348 g/mol. The Morgan fingerprint density at radius 1 is 0.917 bits per heavy atom. The fraction of sp³-hybridized carbons (Fsp3) is 0.857. The zero-order chi connectivity index (χ0) is 18.1. The van der Waals surface area contributed by atoms with E-state index < -0.39 is 48.1 Å². The van der Waals surface area contributed by atoms with Crippen molar-refractivity contribution < 1.29 is 38.7 Å². The van der Waals surface area contributed by atoms with Gasteiger partial charge in [-0.3, -0.25) is 10.6 Å². The molecule has 4 atom stereocenters. The second-order valence-corrected chi connectivity index (χ2v) is 7.11. The molecule has 0 aromatic heterocycles. The maximum absolute atomic E-state index is 11.8. The molecule has 4 N–H and O–H groups in total. The molecule has 2 fully saturated rings. The monoisotopic (exact) mass is 348 g/mol. The van der Waals surface area contributed by atoms with Crippen LogP contribution in [0.5, 0.6) is 0 Å². The predicted molar refractivity (Wildman–Crippen MR) is 78.1 cm³/mol. The molecule has 0 aromatic rings. The molecule has 0 aromatic carbocycles. The van der Waals surface area contributed by atoms with Gasteiger partial charge < -0.3 is 29.2 Å². The lowest BCUT2D eigenvalue weighted by atomic mass is 10.1. The van der Waals surface area contributed by atoms with E-state index in [1.165, 1.54) is 0 Å². The number of hydrogen-bond donors (Lipinski definition) is 4. The molecule has 0 aliphatic carbocycles. The van der Waals surface area contributed by atoms with E-state index in [0.29, 0.717) is 13.2 Å². The lowest BCUT2D eigenvalue weighted by Gasteiger charge is -2.21. The van der Waals surface area contributed by atoms with E-state index in [2.05, 4.69) is 10.6 Å². The van der Waals surface area contributed by atoms with Crippen molar-refractivity contribution in [2.45, 2.75) is 63.8 Å². The minimum atomic E-state index is -2.11. The van der Waals surface area contributed by atoms with E-state index in [-0.39, 0.29) is 0 Å². The summed E-state index contributed by atoms with van der Waals surface area (Å²) in [4.78, 5) is 23.6. The van der Waals surface area contributed by atoms with Crippen LogP contribution < -0.4 is 10.6 Å². The molecule has 10 nitrogen and oxygen atoms in total. The first-order valence-corrected chi connectivity index (χ1v) is 7.55. The standard InChI is InChI=1S/C14H24N2O8/c1-13(2)5-21-11(15-13)23-9(19)7(17)8(18)10(20)24-12-16-14(3,4)6-22-12/h7-8,11-12,15-18H,5-6H2,1-4H3. The number of aliphatic hydroxyl groups excluding tert-OH is 2. The summed E-state index contributed by atoms with van der Waals surface area (Å²) < 4.78 is 20.0. The lowest BCUT2D eigenvalue weighted by Crippen LogP contribution is -2.48. The second kappa shape index (κ2) is 6.90. The van der Waals surface area contributed by atoms with Crippen molar-refractivity contribution >= 4 is 11.9 Å².